The van der Waals surface area contributed by atoms with Crippen LogP contribution < -0.4 is 5.32 Å². The van der Waals surface area contributed by atoms with Gasteiger partial charge in [0.15, 0.2) is 0 Å². The van der Waals surface area contributed by atoms with Crippen molar-refractivity contribution in [3.05, 3.63) is 34.1 Å². The van der Waals surface area contributed by atoms with Crippen LogP contribution in [0.5, 0.6) is 0 Å². The summed E-state index contributed by atoms with van der Waals surface area (Å²) in [6.07, 6.45) is 0.769. The minimum Gasteiger partial charge on any atom is -0.313 e. The summed E-state index contributed by atoms with van der Waals surface area (Å²) in [5.41, 5.74) is 0.810. The molecule has 1 fully saturated rings. The molecule has 1 saturated heterocycles. The maximum Gasteiger partial charge on any atom is 0.127 e. The molecule has 2 rings (SSSR count). The molecule has 106 valence electrons. The SMILES string of the molecule is CCNC(Cc1ccc(Br)cc1F)C1CSCCS1. The second-order valence-electron chi connectivity index (χ2n) is 4.59. The lowest BCUT2D eigenvalue weighted by Crippen LogP contribution is -2.42. The van der Waals surface area contributed by atoms with E-state index in [9.17, 15) is 4.39 Å². The second-order valence-corrected chi connectivity index (χ2v) is 8.00. The summed E-state index contributed by atoms with van der Waals surface area (Å²) in [6, 6.07) is 5.73. The molecule has 0 spiro atoms. The van der Waals surface area contributed by atoms with Crippen molar-refractivity contribution in [3.63, 3.8) is 0 Å². The standard InChI is InChI=1S/C14H19BrFNS2/c1-2-17-13(14-9-18-5-6-19-14)7-10-3-4-11(15)8-12(10)16/h3-4,8,13-14,17H,2,5-7,9H2,1H3. The summed E-state index contributed by atoms with van der Waals surface area (Å²) in [5, 5.41) is 4.12. The van der Waals surface area contributed by atoms with E-state index in [2.05, 4.69) is 28.2 Å². The predicted octanol–water partition coefficient (Wildman–Crippen LogP) is 3.96. The Balaban J connectivity index is 2.06. The summed E-state index contributed by atoms with van der Waals surface area (Å²) in [7, 11) is 0. The molecule has 1 aliphatic heterocycles. The van der Waals surface area contributed by atoms with Gasteiger partial charge in [-0.2, -0.15) is 23.5 Å². The van der Waals surface area contributed by atoms with Gasteiger partial charge in [-0.1, -0.05) is 28.9 Å². The number of likely N-dealkylation sites (N-methyl/N-ethyl adjacent to an activating group) is 1. The molecule has 1 aromatic carbocycles. The summed E-state index contributed by atoms with van der Waals surface area (Å²) in [4.78, 5) is 0. The first-order chi connectivity index (χ1) is 9.20. The van der Waals surface area contributed by atoms with E-state index in [1.807, 2.05) is 35.7 Å². The van der Waals surface area contributed by atoms with E-state index in [-0.39, 0.29) is 5.82 Å². The minimum atomic E-state index is -0.106. The van der Waals surface area contributed by atoms with Crippen LogP contribution in [-0.2, 0) is 6.42 Å². The molecule has 2 atom stereocenters. The van der Waals surface area contributed by atoms with Gasteiger partial charge in [-0.25, -0.2) is 4.39 Å². The van der Waals surface area contributed by atoms with E-state index >= 15 is 0 Å². The van der Waals surface area contributed by atoms with Crippen molar-refractivity contribution in [2.24, 2.45) is 0 Å². The number of halogens is 2. The van der Waals surface area contributed by atoms with Crippen molar-refractivity contribution in [3.8, 4) is 0 Å². The highest BCUT2D eigenvalue weighted by Gasteiger charge is 2.24. The first-order valence-electron chi connectivity index (χ1n) is 6.57. The smallest absolute Gasteiger partial charge is 0.127 e. The van der Waals surface area contributed by atoms with Crippen LogP contribution in [0.1, 0.15) is 12.5 Å². The lowest BCUT2D eigenvalue weighted by molar-refractivity contribution is 0.506. The van der Waals surface area contributed by atoms with Crippen molar-refractivity contribution in [1.82, 2.24) is 5.32 Å². The molecule has 1 heterocycles. The zero-order chi connectivity index (χ0) is 13.7. The van der Waals surface area contributed by atoms with E-state index < -0.39 is 0 Å². The quantitative estimate of drug-likeness (QED) is 0.850. The fourth-order valence-electron chi connectivity index (χ4n) is 2.26. The van der Waals surface area contributed by atoms with Crippen LogP contribution in [0.4, 0.5) is 4.39 Å². The Kier molecular flexibility index (Phi) is 6.53. The molecule has 0 radical (unpaired) electrons. The summed E-state index contributed by atoms with van der Waals surface area (Å²) >= 11 is 7.34. The van der Waals surface area contributed by atoms with Crippen LogP contribution in [0.25, 0.3) is 0 Å². The average molecular weight is 364 g/mol. The van der Waals surface area contributed by atoms with Gasteiger partial charge in [-0.3, -0.25) is 0 Å². The number of hydrogen-bond donors (Lipinski definition) is 1. The Morgan fingerprint density at radius 2 is 2.32 bits per heavy atom. The molecule has 0 aromatic heterocycles. The van der Waals surface area contributed by atoms with Crippen molar-refractivity contribution >= 4 is 39.5 Å². The maximum atomic E-state index is 13.9. The number of thioether (sulfide) groups is 2. The highest BCUT2D eigenvalue weighted by atomic mass is 79.9. The van der Waals surface area contributed by atoms with E-state index in [4.69, 9.17) is 0 Å². The molecular weight excluding hydrogens is 345 g/mol. The van der Waals surface area contributed by atoms with Gasteiger partial charge in [0, 0.05) is 33.0 Å². The van der Waals surface area contributed by atoms with Crippen molar-refractivity contribution in [1.29, 1.82) is 0 Å². The second kappa shape index (κ2) is 7.91. The van der Waals surface area contributed by atoms with Gasteiger partial charge in [0.2, 0.25) is 0 Å². The lowest BCUT2D eigenvalue weighted by Gasteiger charge is -2.30. The van der Waals surface area contributed by atoms with Crippen molar-refractivity contribution in [2.45, 2.75) is 24.6 Å². The van der Waals surface area contributed by atoms with Gasteiger partial charge in [-0.05, 0) is 30.7 Å². The van der Waals surface area contributed by atoms with Crippen molar-refractivity contribution < 1.29 is 4.39 Å². The number of rotatable bonds is 5. The largest absolute Gasteiger partial charge is 0.313 e. The van der Waals surface area contributed by atoms with Crippen molar-refractivity contribution in [2.75, 3.05) is 23.8 Å². The van der Waals surface area contributed by atoms with Crippen LogP contribution >= 0.6 is 39.5 Å². The summed E-state index contributed by atoms with van der Waals surface area (Å²) in [6.45, 7) is 3.05. The molecule has 5 heteroatoms. The summed E-state index contributed by atoms with van der Waals surface area (Å²) in [5.74, 6) is 3.51. The van der Waals surface area contributed by atoms with Gasteiger partial charge in [-0.15, -0.1) is 0 Å². The van der Waals surface area contributed by atoms with Gasteiger partial charge in [0.05, 0.1) is 0 Å². The topological polar surface area (TPSA) is 12.0 Å². The Morgan fingerprint density at radius 3 is 2.95 bits per heavy atom. The number of nitrogens with one attached hydrogen (secondary N) is 1. The molecule has 2 unspecified atom stereocenters. The third-order valence-electron chi connectivity index (χ3n) is 3.21. The van der Waals surface area contributed by atoms with Gasteiger partial charge in [0.1, 0.15) is 5.82 Å². The van der Waals surface area contributed by atoms with Crippen LogP contribution in [0.3, 0.4) is 0 Å². The van der Waals surface area contributed by atoms with Gasteiger partial charge < -0.3 is 5.32 Å². The zero-order valence-corrected chi connectivity index (χ0v) is 14.2. The first-order valence-corrected chi connectivity index (χ1v) is 9.57. The zero-order valence-electron chi connectivity index (χ0n) is 11.0. The molecule has 1 N–H and O–H groups in total. The molecule has 19 heavy (non-hydrogen) atoms. The first kappa shape index (κ1) is 15.7. The molecule has 1 aliphatic rings. The molecule has 0 aliphatic carbocycles. The Hall–Kier alpha value is 0.290. The molecular formula is C14H19BrFNS2. The molecule has 1 aromatic rings. The van der Waals surface area contributed by atoms with Crippen LogP contribution in [0, 0.1) is 5.82 Å². The van der Waals surface area contributed by atoms with E-state index in [1.54, 1.807) is 6.07 Å². The third-order valence-corrected chi connectivity index (χ3v) is 6.63. The Bertz CT molecular complexity index is 410. The van der Waals surface area contributed by atoms with Crippen LogP contribution in [0.15, 0.2) is 22.7 Å². The van der Waals surface area contributed by atoms with E-state index in [1.165, 1.54) is 17.3 Å². The predicted molar refractivity (Wildman–Crippen MR) is 88.8 cm³/mol. The third kappa shape index (κ3) is 4.66. The number of benzene rings is 1. The van der Waals surface area contributed by atoms with E-state index in [0.29, 0.717) is 11.3 Å². The Morgan fingerprint density at radius 1 is 1.47 bits per heavy atom. The fraction of sp³-hybridized carbons (Fsp3) is 0.571. The fourth-order valence-corrected chi connectivity index (χ4v) is 5.48. The maximum absolute atomic E-state index is 13.9. The molecule has 0 bridgehead atoms. The summed E-state index contributed by atoms with van der Waals surface area (Å²) < 4.78 is 14.8. The van der Waals surface area contributed by atoms with Gasteiger partial charge in [0.25, 0.3) is 0 Å². The Labute approximate surface area is 131 Å². The van der Waals surface area contributed by atoms with Gasteiger partial charge >= 0.3 is 0 Å². The normalized spacial score (nSPS) is 21.3. The van der Waals surface area contributed by atoms with Crippen LogP contribution in [0.2, 0.25) is 0 Å². The highest BCUT2D eigenvalue weighted by Crippen LogP contribution is 2.28. The molecule has 0 saturated carbocycles. The highest BCUT2D eigenvalue weighted by molar-refractivity contribution is 9.10. The molecule has 1 nitrogen and oxygen atoms in total. The monoisotopic (exact) mass is 363 g/mol. The van der Waals surface area contributed by atoms with Crippen LogP contribution in [-0.4, -0.2) is 35.1 Å². The molecule has 0 amide bonds. The minimum absolute atomic E-state index is 0.106. The lowest BCUT2D eigenvalue weighted by atomic mass is 10.0. The average Bonchev–Trinajstić information content (AvgIpc) is 2.42. The number of hydrogen-bond acceptors (Lipinski definition) is 3. The van der Waals surface area contributed by atoms with E-state index in [0.717, 1.165) is 23.0 Å².